The van der Waals surface area contributed by atoms with E-state index < -0.39 is 0 Å². The number of unbranched alkanes of at least 4 members (excludes halogenated alkanes) is 2. The van der Waals surface area contributed by atoms with Gasteiger partial charge in [0.05, 0.1) is 5.60 Å². The molecule has 1 saturated carbocycles. The third-order valence-electron chi connectivity index (χ3n) is 4.52. The van der Waals surface area contributed by atoms with Gasteiger partial charge in [0.15, 0.2) is 0 Å². The van der Waals surface area contributed by atoms with Crippen LogP contribution in [0.4, 0.5) is 0 Å². The van der Waals surface area contributed by atoms with Gasteiger partial charge in [-0.3, -0.25) is 0 Å². The molecule has 1 spiro atoms. The molecular weight excluding hydrogens is 214 g/mol. The molecule has 0 radical (unpaired) electrons. The molecule has 0 aromatic rings. The second kappa shape index (κ2) is 6.17. The predicted octanol–water partition coefficient (Wildman–Crippen LogP) is 2.18. The van der Waals surface area contributed by atoms with E-state index in [0.717, 1.165) is 25.5 Å². The van der Waals surface area contributed by atoms with Crippen LogP contribution < -0.4 is 0 Å². The van der Waals surface area contributed by atoms with E-state index in [1.807, 2.05) is 0 Å². The Bertz CT molecular complexity index is 228. The normalized spacial score (nSPS) is 27.4. The van der Waals surface area contributed by atoms with Crippen molar-refractivity contribution in [2.45, 2.75) is 63.0 Å². The molecule has 1 saturated heterocycles. The van der Waals surface area contributed by atoms with E-state index in [1.54, 1.807) is 0 Å². The molecule has 3 nitrogen and oxygen atoms in total. The summed E-state index contributed by atoms with van der Waals surface area (Å²) in [6.45, 7) is 2.45. The Balaban J connectivity index is 1.69. The molecule has 1 aliphatic carbocycles. The van der Waals surface area contributed by atoms with Crippen LogP contribution in [0, 0.1) is 0 Å². The summed E-state index contributed by atoms with van der Waals surface area (Å²) in [6.07, 6.45) is 9.65. The third kappa shape index (κ3) is 3.43. The Labute approximate surface area is 105 Å². The first-order valence-electron chi connectivity index (χ1n) is 7.21. The minimum Gasteiger partial charge on any atom is -0.396 e. The van der Waals surface area contributed by atoms with Crippen LogP contribution >= 0.6 is 0 Å². The summed E-state index contributed by atoms with van der Waals surface area (Å²) < 4.78 is 5.97. The van der Waals surface area contributed by atoms with Crippen LogP contribution in [-0.2, 0) is 4.74 Å². The number of hydrogen-bond acceptors (Lipinski definition) is 3. The molecule has 17 heavy (non-hydrogen) atoms. The van der Waals surface area contributed by atoms with Gasteiger partial charge in [-0.1, -0.05) is 0 Å². The van der Waals surface area contributed by atoms with E-state index in [-0.39, 0.29) is 5.60 Å². The van der Waals surface area contributed by atoms with E-state index in [4.69, 9.17) is 9.84 Å². The number of rotatable bonds is 6. The van der Waals surface area contributed by atoms with E-state index in [2.05, 4.69) is 11.9 Å². The lowest BCUT2D eigenvalue weighted by molar-refractivity contribution is -0.146. The third-order valence-corrected chi connectivity index (χ3v) is 4.52. The number of ether oxygens (including phenoxy) is 1. The van der Waals surface area contributed by atoms with E-state index in [9.17, 15) is 0 Å². The Morgan fingerprint density at radius 1 is 1.29 bits per heavy atom. The standard InChI is InChI=1S/C14H27NO2/c1-15(9-3-2-4-10-16)13-6-11-17-14(12-13)7-5-8-14/h13,16H,2-12H2,1H3. The molecule has 0 aromatic heterocycles. The first-order valence-corrected chi connectivity index (χ1v) is 7.21. The monoisotopic (exact) mass is 241 g/mol. The topological polar surface area (TPSA) is 32.7 Å². The number of aliphatic hydroxyl groups is 1. The Hall–Kier alpha value is -0.120. The van der Waals surface area contributed by atoms with Gasteiger partial charge in [0, 0.05) is 19.3 Å². The maximum Gasteiger partial charge on any atom is 0.0697 e. The molecule has 100 valence electrons. The molecule has 3 heteroatoms. The zero-order valence-corrected chi connectivity index (χ0v) is 11.2. The fraction of sp³-hybridized carbons (Fsp3) is 1.00. The highest BCUT2D eigenvalue weighted by molar-refractivity contribution is 4.96. The highest BCUT2D eigenvalue weighted by atomic mass is 16.5. The molecule has 1 atom stereocenters. The zero-order valence-electron chi connectivity index (χ0n) is 11.2. The summed E-state index contributed by atoms with van der Waals surface area (Å²) in [4.78, 5) is 2.51. The molecular formula is C14H27NO2. The van der Waals surface area contributed by atoms with Crippen molar-refractivity contribution < 1.29 is 9.84 Å². The lowest BCUT2D eigenvalue weighted by Crippen LogP contribution is -2.51. The van der Waals surface area contributed by atoms with Crippen molar-refractivity contribution >= 4 is 0 Å². The van der Waals surface area contributed by atoms with Crippen LogP contribution in [0.3, 0.4) is 0 Å². The Morgan fingerprint density at radius 3 is 2.76 bits per heavy atom. The highest BCUT2D eigenvalue weighted by Crippen LogP contribution is 2.43. The van der Waals surface area contributed by atoms with Crippen LogP contribution in [-0.4, -0.2) is 48.5 Å². The molecule has 2 rings (SSSR count). The van der Waals surface area contributed by atoms with Crippen LogP contribution in [0.25, 0.3) is 0 Å². The first kappa shape index (κ1) is 13.3. The minimum atomic E-state index is 0.266. The van der Waals surface area contributed by atoms with Crippen LogP contribution in [0.15, 0.2) is 0 Å². The van der Waals surface area contributed by atoms with Crippen LogP contribution in [0.5, 0.6) is 0 Å². The SMILES string of the molecule is CN(CCCCCO)C1CCOC2(CCC2)C1. The highest BCUT2D eigenvalue weighted by Gasteiger charge is 2.43. The van der Waals surface area contributed by atoms with Gasteiger partial charge in [-0.15, -0.1) is 0 Å². The summed E-state index contributed by atoms with van der Waals surface area (Å²) in [6, 6.07) is 0.721. The summed E-state index contributed by atoms with van der Waals surface area (Å²) in [5.74, 6) is 0. The molecule has 0 aromatic carbocycles. The molecule has 0 amide bonds. The molecule has 1 N–H and O–H groups in total. The summed E-state index contributed by atoms with van der Waals surface area (Å²) >= 11 is 0. The average Bonchev–Trinajstić information content (AvgIpc) is 2.32. The smallest absolute Gasteiger partial charge is 0.0697 e. The fourth-order valence-electron chi connectivity index (χ4n) is 3.13. The second-order valence-corrected chi connectivity index (χ2v) is 5.80. The number of nitrogens with zero attached hydrogens (tertiary/aromatic N) is 1. The van der Waals surface area contributed by atoms with Gasteiger partial charge in [0.1, 0.15) is 0 Å². The Kier molecular flexibility index (Phi) is 4.83. The van der Waals surface area contributed by atoms with Crippen LogP contribution in [0.1, 0.15) is 51.4 Å². The summed E-state index contributed by atoms with van der Waals surface area (Å²) in [5.41, 5.74) is 0.266. The van der Waals surface area contributed by atoms with Crippen molar-refractivity contribution in [3.63, 3.8) is 0 Å². The molecule has 2 aliphatic rings. The number of aliphatic hydroxyl groups excluding tert-OH is 1. The number of hydrogen-bond donors (Lipinski definition) is 1. The lowest BCUT2D eigenvalue weighted by atomic mass is 9.73. The molecule has 1 aliphatic heterocycles. The van der Waals surface area contributed by atoms with Crippen molar-refractivity contribution in [1.29, 1.82) is 0 Å². The fourth-order valence-corrected chi connectivity index (χ4v) is 3.13. The van der Waals surface area contributed by atoms with E-state index in [0.29, 0.717) is 6.61 Å². The maximum absolute atomic E-state index is 8.76. The van der Waals surface area contributed by atoms with E-state index in [1.165, 1.54) is 45.1 Å². The quantitative estimate of drug-likeness (QED) is 0.724. The zero-order chi connectivity index (χ0) is 12.1. The first-order chi connectivity index (χ1) is 8.26. The molecule has 1 unspecified atom stereocenters. The van der Waals surface area contributed by atoms with Crippen molar-refractivity contribution in [2.75, 3.05) is 26.8 Å². The van der Waals surface area contributed by atoms with Crippen molar-refractivity contribution in [3.05, 3.63) is 0 Å². The van der Waals surface area contributed by atoms with Gasteiger partial charge in [-0.05, 0) is 65.0 Å². The van der Waals surface area contributed by atoms with Gasteiger partial charge < -0.3 is 14.7 Å². The van der Waals surface area contributed by atoms with Crippen molar-refractivity contribution in [3.8, 4) is 0 Å². The van der Waals surface area contributed by atoms with Gasteiger partial charge >= 0.3 is 0 Å². The van der Waals surface area contributed by atoms with Gasteiger partial charge in [0.25, 0.3) is 0 Å². The molecule has 0 bridgehead atoms. The van der Waals surface area contributed by atoms with Crippen molar-refractivity contribution in [2.24, 2.45) is 0 Å². The molecule has 2 fully saturated rings. The summed E-state index contributed by atoms with van der Waals surface area (Å²) in [5, 5.41) is 8.76. The predicted molar refractivity (Wildman–Crippen MR) is 69.1 cm³/mol. The summed E-state index contributed by atoms with van der Waals surface area (Å²) in [7, 11) is 2.25. The maximum atomic E-state index is 8.76. The van der Waals surface area contributed by atoms with E-state index >= 15 is 0 Å². The van der Waals surface area contributed by atoms with Gasteiger partial charge in [0.2, 0.25) is 0 Å². The molecule has 1 heterocycles. The Morgan fingerprint density at radius 2 is 2.12 bits per heavy atom. The van der Waals surface area contributed by atoms with Gasteiger partial charge in [-0.2, -0.15) is 0 Å². The lowest BCUT2D eigenvalue weighted by Gasteiger charge is -2.49. The second-order valence-electron chi connectivity index (χ2n) is 5.80. The minimum absolute atomic E-state index is 0.266. The largest absolute Gasteiger partial charge is 0.396 e. The average molecular weight is 241 g/mol. The van der Waals surface area contributed by atoms with Gasteiger partial charge in [-0.25, -0.2) is 0 Å². The van der Waals surface area contributed by atoms with Crippen molar-refractivity contribution in [1.82, 2.24) is 4.90 Å². The van der Waals surface area contributed by atoms with Crippen LogP contribution in [0.2, 0.25) is 0 Å².